The average Bonchev–Trinajstić information content (AvgIpc) is 2.16. The zero-order valence-electron chi connectivity index (χ0n) is 10.8. The third-order valence-electron chi connectivity index (χ3n) is 2.18. The Balaban J connectivity index is 2.76. The minimum Gasteiger partial charge on any atom is -0.366 e. The third-order valence-corrected chi connectivity index (χ3v) is 2.18. The van der Waals surface area contributed by atoms with Gasteiger partial charge in [-0.1, -0.05) is 25.5 Å². The van der Waals surface area contributed by atoms with Gasteiger partial charge in [-0.05, 0) is 20.8 Å². The first kappa shape index (κ1) is 12.7. The molecule has 0 saturated heterocycles. The molecule has 0 aliphatic carbocycles. The molecule has 0 aliphatic rings. The lowest BCUT2D eigenvalue weighted by atomic mass is 10.2. The molecule has 0 aromatic carbocycles. The van der Waals surface area contributed by atoms with Gasteiger partial charge in [0.25, 0.3) is 0 Å². The molecule has 3 nitrogen and oxygen atoms in total. The smallest absolute Gasteiger partial charge is 0.133 e. The summed E-state index contributed by atoms with van der Waals surface area (Å²) in [6.45, 7) is 11.2. The molecule has 1 heterocycles. The van der Waals surface area contributed by atoms with Crippen molar-refractivity contribution in [1.82, 2.24) is 9.97 Å². The second-order valence-corrected chi connectivity index (χ2v) is 4.57. The van der Waals surface area contributed by atoms with Gasteiger partial charge in [0.1, 0.15) is 11.6 Å². The fourth-order valence-electron chi connectivity index (χ4n) is 1.30. The molecule has 0 fully saturated rings. The van der Waals surface area contributed by atoms with E-state index in [2.05, 4.69) is 49.1 Å². The van der Waals surface area contributed by atoms with Crippen molar-refractivity contribution >= 4 is 5.82 Å². The summed E-state index contributed by atoms with van der Waals surface area (Å²) in [6, 6.07) is 1.98. The average molecular weight is 219 g/mol. The maximum Gasteiger partial charge on any atom is 0.133 e. The first-order valence-electron chi connectivity index (χ1n) is 5.72. The van der Waals surface area contributed by atoms with Crippen molar-refractivity contribution in [1.29, 1.82) is 0 Å². The number of anilines is 1. The minimum atomic E-state index is 0.365. The van der Waals surface area contributed by atoms with Gasteiger partial charge in [-0.25, -0.2) is 9.97 Å². The topological polar surface area (TPSA) is 37.8 Å². The van der Waals surface area contributed by atoms with Gasteiger partial charge in [-0.15, -0.1) is 0 Å². The van der Waals surface area contributed by atoms with Crippen molar-refractivity contribution in [2.24, 2.45) is 0 Å². The summed E-state index contributed by atoms with van der Waals surface area (Å²) in [6.07, 6.45) is 2.15. The molecule has 0 aliphatic heterocycles. The summed E-state index contributed by atoms with van der Waals surface area (Å²) in [5, 5.41) is 3.28. The zero-order chi connectivity index (χ0) is 12.1. The number of nitrogens with one attached hydrogen (secondary N) is 1. The first-order valence-corrected chi connectivity index (χ1v) is 5.72. The van der Waals surface area contributed by atoms with E-state index in [9.17, 15) is 0 Å². The quantitative estimate of drug-likeness (QED) is 0.790. The summed E-state index contributed by atoms with van der Waals surface area (Å²) in [5.74, 6) is 2.18. The molecule has 0 saturated carbocycles. The number of hydrogen-bond acceptors (Lipinski definition) is 3. The highest BCUT2D eigenvalue weighted by atomic mass is 15.0. The van der Waals surface area contributed by atoms with Gasteiger partial charge in [-0.2, -0.15) is 0 Å². The molecule has 0 unspecified atom stereocenters. The van der Waals surface area contributed by atoms with Crippen LogP contribution in [0.25, 0.3) is 0 Å². The highest BCUT2D eigenvalue weighted by Gasteiger charge is 2.05. The van der Waals surface area contributed by atoms with Crippen molar-refractivity contribution in [3.05, 3.63) is 29.2 Å². The lowest BCUT2D eigenvalue weighted by Crippen LogP contribution is -2.06. The molecule has 1 aromatic rings. The number of hydrogen-bond donors (Lipinski definition) is 1. The van der Waals surface area contributed by atoms with E-state index in [4.69, 9.17) is 0 Å². The Kier molecular flexibility index (Phi) is 4.47. The Bertz CT molecular complexity index is 377. The molecular weight excluding hydrogens is 198 g/mol. The molecule has 0 bridgehead atoms. The van der Waals surface area contributed by atoms with Crippen LogP contribution >= 0.6 is 0 Å². The molecule has 0 radical (unpaired) electrons. The van der Waals surface area contributed by atoms with E-state index in [1.807, 2.05) is 13.0 Å². The fraction of sp³-hybridized carbons (Fsp3) is 0.538. The lowest BCUT2D eigenvalue weighted by Gasteiger charge is -2.09. The van der Waals surface area contributed by atoms with Gasteiger partial charge in [0, 0.05) is 24.2 Å². The number of aryl methyl sites for hydroxylation is 1. The molecule has 1 N–H and O–H groups in total. The number of allylic oxidation sites excluding steroid dienone is 1. The second-order valence-electron chi connectivity index (χ2n) is 4.57. The van der Waals surface area contributed by atoms with Gasteiger partial charge in [-0.3, -0.25) is 0 Å². The van der Waals surface area contributed by atoms with Gasteiger partial charge in [0.05, 0.1) is 0 Å². The standard InChI is InChI=1S/C13H21N3/c1-9(2)6-7-14-12-8-11(5)15-13(16-12)10(3)4/h6,8,10H,7H2,1-5H3,(H,14,15,16). The second kappa shape index (κ2) is 5.64. The van der Waals surface area contributed by atoms with Gasteiger partial charge < -0.3 is 5.32 Å². The van der Waals surface area contributed by atoms with E-state index < -0.39 is 0 Å². The van der Waals surface area contributed by atoms with Crippen LogP contribution in [0.3, 0.4) is 0 Å². The lowest BCUT2D eigenvalue weighted by molar-refractivity contribution is 0.767. The van der Waals surface area contributed by atoms with E-state index in [0.717, 1.165) is 23.9 Å². The normalized spacial score (nSPS) is 10.4. The monoisotopic (exact) mass is 219 g/mol. The summed E-state index contributed by atoms with van der Waals surface area (Å²) in [4.78, 5) is 8.89. The molecule has 1 rings (SSSR count). The fourth-order valence-corrected chi connectivity index (χ4v) is 1.30. The number of nitrogens with zero attached hydrogens (tertiary/aromatic N) is 2. The van der Waals surface area contributed by atoms with Crippen molar-refractivity contribution in [2.45, 2.75) is 40.5 Å². The Morgan fingerprint density at radius 1 is 1.38 bits per heavy atom. The van der Waals surface area contributed by atoms with Gasteiger partial charge in [0.2, 0.25) is 0 Å². The van der Waals surface area contributed by atoms with Crippen LogP contribution in [-0.4, -0.2) is 16.5 Å². The molecule has 1 aromatic heterocycles. The molecule has 0 atom stereocenters. The van der Waals surface area contributed by atoms with E-state index in [1.54, 1.807) is 0 Å². The number of aromatic nitrogens is 2. The predicted octanol–water partition coefficient (Wildman–Crippen LogP) is 3.29. The summed E-state index contributed by atoms with van der Waals surface area (Å²) in [5.41, 5.74) is 2.32. The summed E-state index contributed by atoms with van der Waals surface area (Å²) >= 11 is 0. The van der Waals surface area contributed by atoms with Gasteiger partial charge >= 0.3 is 0 Å². The highest BCUT2D eigenvalue weighted by molar-refractivity contribution is 5.37. The van der Waals surface area contributed by atoms with Crippen LogP contribution in [0.1, 0.15) is 45.1 Å². The van der Waals surface area contributed by atoms with Crippen LogP contribution in [0.4, 0.5) is 5.82 Å². The van der Waals surface area contributed by atoms with E-state index >= 15 is 0 Å². The molecule has 3 heteroatoms. The molecule has 88 valence electrons. The SMILES string of the molecule is CC(C)=CCNc1cc(C)nc(C(C)C)n1. The summed E-state index contributed by atoms with van der Waals surface area (Å²) < 4.78 is 0. The van der Waals surface area contributed by atoms with Crippen molar-refractivity contribution in [2.75, 3.05) is 11.9 Å². The first-order chi connectivity index (χ1) is 7.49. The maximum atomic E-state index is 4.48. The number of rotatable bonds is 4. The highest BCUT2D eigenvalue weighted by Crippen LogP contribution is 2.13. The third kappa shape index (κ3) is 4.01. The van der Waals surface area contributed by atoms with Crippen LogP contribution < -0.4 is 5.32 Å². The van der Waals surface area contributed by atoms with Gasteiger partial charge in [0.15, 0.2) is 0 Å². The summed E-state index contributed by atoms with van der Waals surface area (Å²) in [7, 11) is 0. The molecular formula is C13H21N3. The Labute approximate surface area is 98.0 Å². The van der Waals surface area contributed by atoms with E-state index in [1.165, 1.54) is 5.57 Å². The minimum absolute atomic E-state index is 0.365. The van der Waals surface area contributed by atoms with Crippen LogP contribution in [0.5, 0.6) is 0 Å². The van der Waals surface area contributed by atoms with E-state index in [-0.39, 0.29) is 0 Å². The van der Waals surface area contributed by atoms with Crippen LogP contribution in [0, 0.1) is 6.92 Å². The van der Waals surface area contributed by atoms with Crippen molar-refractivity contribution in [3.63, 3.8) is 0 Å². The van der Waals surface area contributed by atoms with Crippen LogP contribution in [-0.2, 0) is 0 Å². The van der Waals surface area contributed by atoms with E-state index in [0.29, 0.717) is 5.92 Å². The largest absolute Gasteiger partial charge is 0.366 e. The van der Waals surface area contributed by atoms with Crippen molar-refractivity contribution in [3.8, 4) is 0 Å². The molecule has 0 spiro atoms. The van der Waals surface area contributed by atoms with Crippen LogP contribution in [0.15, 0.2) is 17.7 Å². The zero-order valence-corrected chi connectivity index (χ0v) is 10.8. The Morgan fingerprint density at radius 3 is 2.62 bits per heavy atom. The van der Waals surface area contributed by atoms with Crippen molar-refractivity contribution < 1.29 is 0 Å². The Hall–Kier alpha value is -1.38. The molecule has 16 heavy (non-hydrogen) atoms. The van der Waals surface area contributed by atoms with Crippen LogP contribution in [0.2, 0.25) is 0 Å². The Morgan fingerprint density at radius 2 is 2.06 bits per heavy atom. The predicted molar refractivity (Wildman–Crippen MR) is 68.8 cm³/mol. The molecule has 0 amide bonds. The maximum absolute atomic E-state index is 4.48.